The molecule has 12 nitrogen and oxygen atoms in total. The summed E-state index contributed by atoms with van der Waals surface area (Å²) in [5, 5.41) is 9.26. The molecule has 0 saturated carbocycles. The van der Waals surface area contributed by atoms with Crippen LogP contribution in [0.4, 0.5) is 10.5 Å². The van der Waals surface area contributed by atoms with Crippen LogP contribution in [-0.2, 0) is 33.4 Å². The molecule has 41 heavy (non-hydrogen) atoms. The number of benzene rings is 1. The number of carboxylic acid groups (broad SMARTS) is 1. The first-order chi connectivity index (χ1) is 19.6. The summed E-state index contributed by atoms with van der Waals surface area (Å²) in [4.78, 5) is 77.6. The molecule has 1 aromatic carbocycles. The molecule has 1 saturated heterocycles. The van der Waals surface area contributed by atoms with Gasteiger partial charge in [0.25, 0.3) is 11.8 Å². The summed E-state index contributed by atoms with van der Waals surface area (Å²) in [6.45, 7) is 4.59. The molecule has 4 amide bonds. The number of carboxylic acids is 1. The normalized spacial score (nSPS) is 14.4. The van der Waals surface area contributed by atoms with Gasteiger partial charge >= 0.3 is 23.9 Å². The van der Waals surface area contributed by atoms with Crippen molar-refractivity contribution in [2.75, 3.05) is 44.3 Å². The number of urea groups is 1. The third-order valence-corrected chi connectivity index (χ3v) is 6.26. The number of hydrogen-bond acceptors (Lipinski definition) is 9. The number of hydrogen-bond donors (Lipinski definition) is 1. The van der Waals surface area contributed by atoms with E-state index in [1.54, 1.807) is 38.1 Å². The van der Waals surface area contributed by atoms with Crippen LogP contribution in [0.1, 0.15) is 64.9 Å². The van der Waals surface area contributed by atoms with E-state index in [-0.39, 0.29) is 38.4 Å². The number of nitrogens with zero attached hydrogens (tertiary/aromatic N) is 3. The second-order valence-corrected chi connectivity index (χ2v) is 9.41. The van der Waals surface area contributed by atoms with Gasteiger partial charge in [0.05, 0.1) is 13.2 Å². The van der Waals surface area contributed by atoms with Gasteiger partial charge in [0.2, 0.25) is 0 Å². The van der Waals surface area contributed by atoms with Crippen LogP contribution in [0.3, 0.4) is 0 Å². The largest absolute Gasteiger partial charge is 0.480 e. The molecule has 0 unspecified atom stereocenters. The maximum Gasteiger partial charge on any atom is 0.334 e. The van der Waals surface area contributed by atoms with Crippen LogP contribution >= 0.6 is 0 Å². The zero-order valence-corrected chi connectivity index (χ0v) is 23.9. The highest BCUT2D eigenvalue weighted by molar-refractivity contribution is 6.31. The molecule has 0 spiro atoms. The highest BCUT2D eigenvalue weighted by Gasteiger charge is 2.42. The number of carbonyl (C=O) groups is 6. The van der Waals surface area contributed by atoms with Gasteiger partial charge in [-0.25, -0.2) is 9.69 Å². The summed E-state index contributed by atoms with van der Waals surface area (Å²) < 4.78 is 9.99. The number of aliphatic carboxylic acids is 1. The van der Waals surface area contributed by atoms with Crippen molar-refractivity contribution in [3.05, 3.63) is 35.4 Å². The first kappa shape index (κ1) is 33.0. The zero-order chi connectivity index (χ0) is 30.4. The third kappa shape index (κ3) is 10.0. The second-order valence-electron chi connectivity index (χ2n) is 9.41. The van der Waals surface area contributed by atoms with E-state index in [0.717, 1.165) is 37.0 Å². The Labute approximate surface area is 239 Å². The van der Waals surface area contributed by atoms with Crippen molar-refractivity contribution in [2.45, 2.75) is 59.3 Å². The van der Waals surface area contributed by atoms with Gasteiger partial charge in [-0.2, -0.15) is 0 Å². The number of amides is 4. The average Bonchev–Trinajstić information content (AvgIpc) is 2.93. The van der Waals surface area contributed by atoms with E-state index < -0.39 is 42.3 Å². The molecule has 224 valence electrons. The molecule has 0 bridgehead atoms. The van der Waals surface area contributed by atoms with Gasteiger partial charge < -0.3 is 19.5 Å². The Morgan fingerprint density at radius 2 is 1.34 bits per heavy atom. The summed E-state index contributed by atoms with van der Waals surface area (Å²) in [5.74, 6) is -4.22. The molecule has 2 rings (SSSR count). The minimum atomic E-state index is -1.38. The van der Waals surface area contributed by atoms with Crippen molar-refractivity contribution in [1.29, 1.82) is 0 Å². The number of imide groups is 2. The Morgan fingerprint density at radius 1 is 0.805 bits per heavy atom. The van der Waals surface area contributed by atoms with E-state index in [9.17, 15) is 33.9 Å². The molecule has 1 fully saturated rings. The van der Waals surface area contributed by atoms with Crippen LogP contribution in [-0.4, -0.2) is 90.1 Å². The SMILES string of the molecule is CCCCCCCCN1C(=O)C(=Cc2ccc(N(CC(=O)OCC)CC(=O)OCC)cc2)C(=O)N(CC(=O)O)C1=O. The lowest BCUT2D eigenvalue weighted by molar-refractivity contribution is -0.144. The van der Waals surface area contributed by atoms with Gasteiger partial charge in [-0.05, 0) is 44.0 Å². The van der Waals surface area contributed by atoms with Crippen LogP contribution in [0.2, 0.25) is 0 Å². The number of unbranched alkanes of at least 4 members (excludes halogenated alkanes) is 5. The molecule has 1 heterocycles. The van der Waals surface area contributed by atoms with E-state index in [1.165, 1.54) is 11.0 Å². The summed E-state index contributed by atoms with van der Waals surface area (Å²) >= 11 is 0. The summed E-state index contributed by atoms with van der Waals surface area (Å²) in [6.07, 6.45) is 6.79. The van der Waals surface area contributed by atoms with Crippen molar-refractivity contribution in [2.24, 2.45) is 0 Å². The van der Waals surface area contributed by atoms with Crippen molar-refractivity contribution < 1.29 is 43.3 Å². The van der Waals surface area contributed by atoms with Gasteiger partial charge in [0.1, 0.15) is 25.2 Å². The predicted molar refractivity (Wildman–Crippen MR) is 150 cm³/mol. The van der Waals surface area contributed by atoms with Crippen molar-refractivity contribution in [3.63, 3.8) is 0 Å². The minimum Gasteiger partial charge on any atom is -0.480 e. The van der Waals surface area contributed by atoms with Crippen LogP contribution in [0.15, 0.2) is 29.8 Å². The summed E-state index contributed by atoms with van der Waals surface area (Å²) in [6, 6.07) is 5.38. The molecule has 1 aliphatic heterocycles. The summed E-state index contributed by atoms with van der Waals surface area (Å²) in [5.41, 5.74) is 0.572. The molecule has 0 radical (unpaired) electrons. The minimum absolute atomic E-state index is 0.0696. The molecule has 1 N–H and O–H groups in total. The Morgan fingerprint density at radius 3 is 1.88 bits per heavy atom. The monoisotopic (exact) mass is 573 g/mol. The van der Waals surface area contributed by atoms with Crippen molar-refractivity contribution >= 4 is 47.5 Å². The Hall–Kier alpha value is -4.22. The maximum atomic E-state index is 13.2. The van der Waals surface area contributed by atoms with Gasteiger partial charge in [-0.15, -0.1) is 0 Å². The highest BCUT2D eigenvalue weighted by Crippen LogP contribution is 2.23. The lowest BCUT2D eigenvalue weighted by atomic mass is 10.0. The molecule has 12 heteroatoms. The van der Waals surface area contributed by atoms with Crippen LogP contribution in [0, 0.1) is 0 Å². The second kappa shape index (κ2) is 16.8. The number of rotatable bonds is 17. The molecule has 0 aromatic heterocycles. The Balaban J connectivity index is 2.30. The highest BCUT2D eigenvalue weighted by atomic mass is 16.5. The van der Waals surface area contributed by atoms with E-state index in [1.807, 2.05) is 0 Å². The first-order valence-electron chi connectivity index (χ1n) is 13.9. The molecule has 0 aliphatic carbocycles. The van der Waals surface area contributed by atoms with Gasteiger partial charge in [-0.1, -0.05) is 51.2 Å². The average molecular weight is 574 g/mol. The zero-order valence-electron chi connectivity index (χ0n) is 23.9. The van der Waals surface area contributed by atoms with E-state index in [0.29, 0.717) is 22.6 Å². The van der Waals surface area contributed by atoms with Crippen LogP contribution < -0.4 is 4.90 Å². The molecular weight excluding hydrogens is 534 g/mol. The Kier molecular flexibility index (Phi) is 13.5. The Bertz CT molecular complexity index is 1110. The van der Waals surface area contributed by atoms with Gasteiger partial charge in [0.15, 0.2) is 0 Å². The fourth-order valence-electron chi connectivity index (χ4n) is 4.26. The fraction of sp³-hybridized carbons (Fsp3) is 0.517. The number of ether oxygens (including phenoxy) is 2. The standard InChI is InChI=1S/C29H39N3O9/c1-4-7-8-9-10-11-16-31-27(37)23(28(38)32(29(31)39)18-24(33)34)17-21-12-14-22(15-13-21)30(19-25(35)40-5-2)20-26(36)41-6-3/h12-15,17H,4-11,16,18-20H2,1-3H3,(H,33,34). The summed E-state index contributed by atoms with van der Waals surface area (Å²) in [7, 11) is 0. The quantitative estimate of drug-likeness (QED) is 0.127. The maximum absolute atomic E-state index is 13.2. The van der Waals surface area contributed by atoms with E-state index >= 15 is 0 Å². The molecule has 0 atom stereocenters. The van der Waals surface area contributed by atoms with Gasteiger partial charge in [-0.3, -0.25) is 28.9 Å². The number of barbiturate groups is 1. The fourth-order valence-corrected chi connectivity index (χ4v) is 4.26. The predicted octanol–water partition coefficient (Wildman–Crippen LogP) is 3.24. The van der Waals surface area contributed by atoms with Crippen LogP contribution in [0.25, 0.3) is 6.08 Å². The van der Waals surface area contributed by atoms with Crippen molar-refractivity contribution in [3.8, 4) is 0 Å². The number of anilines is 1. The lowest BCUT2D eigenvalue weighted by Gasteiger charge is -2.33. The smallest absolute Gasteiger partial charge is 0.334 e. The molecule has 1 aromatic rings. The lowest BCUT2D eigenvalue weighted by Crippen LogP contribution is -2.57. The van der Waals surface area contributed by atoms with E-state index in [4.69, 9.17) is 9.47 Å². The van der Waals surface area contributed by atoms with Crippen molar-refractivity contribution in [1.82, 2.24) is 9.80 Å². The first-order valence-corrected chi connectivity index (χ1v) is 13.9. The van der Waals surface area contributed by atoms with Gasteiger partial charge in [0, 0.05) is 12.2 Å². The van der Waals surface area contributed by atoms with E-state index in [2.05, 4.69) is 6.92 Å². The topological polar surface area (TPSA) is 151 Å². The third-order valence-electron chi connectivity index (χ3n) is 6.26. The number of carbonyl (C=O) groups excluding carboxylic acids is 5. The molecular formula is C29H39N3O9. The molecule has 1 aliphatic rings. The van der Waals surface area contributed by atoms with Crippen LogP contribution in [0.5, 0.6) is 0 Å². The number of esters is 2.